The van der Waals surface area contributed by atoms with Gasteiger partial charge >= 0.3 is 12.1 Å². The van der Waals surface area contributed by atoms with Crippen LogP contribution in [0.5, 0.6) is 0 Å². The molecule has 0 aliphatic heterocycles. The minimum absolute atomic E-state index is 0.104. The van der Waals surface area contributed by atoms with Gasteiger partial charge in [-0.05, 0) is 54.4 Å². The highest BCUT2D eigenvalue weighted by Crippen LogP contribution is 2.15. The van der Waals surface area contributed by atoms with Crippen molar-refractivity contribution >= 4 is 18.0 Å². The van der Waals surface area contributed by atoms with E-state index in [9.17, 15) is 14.4 Å². The number of carbonyl (C=O) groups excluding carboxylic acids is 3. The maximum absolute atomic E-state index is 12.4. The number of alkyl carbamates (subject to hydrolysis) is 1. The quantitative estimate of drug-likeness (QED) is 0.712. The molecule has 7 heteroatoms. The van der Waals surface area contributed by atoms with Gasteiger partial charge in [0.1, 0.15) is 23.3 Å². The molecule has 0 aromatic carbocycles. The van der Waals surface area contributed by atoms with Gasteiger partial charge in [-0.1, -0.05) is 20.3 Å². The molecule has 146 valence electrons. The van der Waals surface area contributed by atoms with Gasteiger partial charge in [-0.3, -0.25) is 4.79 Å². The minimum atomic E-state index is -0.844. The highest BCUT2D eigenvalue weighted by Gasteiger charge is 2.32. The zero-order valence-electron chi connectivity index (χ0n) is 17.0. The van der Waals surface area contributed by atoms with Crippen LogP contribution in [0.1, 0.15) is 68.7 Å². The van der Waals surface area contributed by atoms with Crippen LogP contribution in [0.15, 0.2) is 0 Å². The van der Waals surface area contributed by atoms with E-state index in [0.29, 0.717) is 6.42 Å². The van der Waals surface area contributed by atoms with E-state index in [-0.39, 0.29) is 5.92 Å². The van der Waals surface area contributed by atoms with Gasteiger partial charge in [0.15, 0.2) is 0 Å². The molecule has 0 bridgehead atoms. The molecule has 0 rings (SSSR count). The number of ether oxygens (including phenoxy) is 2. The summed E-state index contributed by atoms with van der Waals surface area (Å²) in [7, 11) is 0. The second kappa shape index (κ2) is 9.06. The van der Waals surface area contributed by atoms with E-state index in [1.807, 2.05) is 13.8 Å². The molecule has 0 aromatic heterocycles. The lowest BCUT2D eigenvalue weighted by Crippen LogP contribution is -2.54. The van der Waals surface area contributed by atoms with Crippen LogP contribution in [-0.4, -0.2) is 41.3 Å². The number of carbonyl (C=O) groups is 3. The van der Waals surface area contributed by atoms with E-state index in [0.717, 1.165) is 0 Å². The lowest BCUT2D eigenvalue weighted by molar-refractivity contribution is -0.160. The first kappa shape index (κ1) is 23.2. The molecule has 0 saturated carbocycles. The predicted octanol–water partition coefficient (Wildman–Crippen LogP) is 2.77. The number of amides is 2. The van der Waals surface area contributed by atoms with Crippen molar-refractivity contribution in [2.24, 2.45) is 5.92 Å². The Morgan fingerprint density at radius 1 is 0.880 bits per heavy atom. The topological polar surface area (TPSA) is 93.7 Å². The van der Waals surface area contributed by atoms with Gasteiger partial charge < -0.3 is 20.1 Å². The van der Waals surface area contributed by atoms with Gasteiger partial charge in [0, 0.05) is 0 Å². The average molecular weight is 358 g/mol. The van der Waals surface area contributed by atoms with Crippen molar-refractivity contribution in [3.63, 3.8) is 0 Å². The summed E-state index contributed by atoms with van der Waals surface area (Å²) in [5.41, 5.74) is -1.30. The Balaban J connectivity index is 4.91. The zero-order chi connectivity index (χ0) is 20.0. The van der Waals surface area contributed by atoms with Crippen LogP contribution in [0.2, 0.25) is 0 Å². The third-order valence-electron chi connectivity index (χ3n) is 3.30. The van der Waals surface area contributed by atoms with Crippen molar-refractivity contribution in [1.29, 1.82) is 0 Å². The lowest BCUT2D eigenvalue weighted by Gasteiger charge is -2.28. The van der Waals surface area contributed by atoms with Gasteiger partial charge in [0.2, 0.25) is 5.91 Å². The summed E-state index contributed by atoms with van der Waals surface area (Å²) in [6.07, 6.45) is 0.00503. The molecular formula is C18H34N2O5. The van der Waals surface area contributed by atoms with Crippen molar-refractivity contribution in [1.82, 2.24) is 10.6 Å². The van der Waals surface area contributed by atoms with Crippen molar-refractivity contribution in [2.45, 2.75) is 92.0 Å². The summed E-state index contributed by atoms with van der Waals surface area (Å²) < 4.78 is 10.5. The maximum Gasteiger partial charge on any atom is 0.408 e. The van der Waals surface area contributed by atoms with Crippen LogP contribution in [0, 0.1) is 5.92 Å². The number of hydrogen-bond acceptors (Lipinski definition) is 5. The average Bonchev–Trinajstić information content (AvgIpc) is 2.39. The summed E-state index contributed by atoms with van der Waals surface area (Å²) >= 11 is 0. The third-order valence-corrected chi connectivity index (χ3v) is 3.30. The summed E-state index contributed by atoms with van der Waals surface area (Å²) in [6.45, 7) is 15.8. The molecule has 0 saturated heterocycles. The van der Waals surface area contributed by atoms with Crippen molar-refractivity contribution in [2.75, 3.05) is 0 Å². The molecular weight excluding hydrogens is 324 g/mol. The number of esters is 1. The van der Waals surface area contributed by atoms with Gasteiger partial charge in [-0.15, -0.1) is 0 Å². The van der Waals surface area contributed by atoms with Crippen LogP contribution in [0.4, 0.5) is 4.79 Å². The molecule has 2 N–H and O–H groups in total. The third kappa shape index (κ3) is 9.94. The molecule has 25 heavy (non-hydrogen) atoms. The fraction of sp³-hybridized carbons (Fsp3) is 0.833. The normalized spacial score (nSPS) is 15.6. The van der Waals surface area contributed by atoms with Crippen LogP contribution >= 0.6 is 0 Å². The Hall–Kier alpha value is -1.79. The fourth-order valence-electron chi connectivity index (χ4n) is 1.86. The minimum Gasteiger partial charge on any atom is -0.458 e. The van der Waals surface area contributed by atoms with Crippen LogP contribution in [0.3, 0.4) is 0 Å². The largest absolute Gasteiger partial charge is 0.458 e. The van der Waals surface area contributed by atoms with Crippen molar-refractivity contribution < 1.29 is 23.9 Å². The zero-order valence-corrected chi connectivity index (χ0v) is 17.0. The molecule has 2 amide bonds. The molecule has 0 fully saturated rings. The van der Waals surface area contributed by atoms with Gasteiger partial charge in [0.25, 0.3) is 0 Å². The smallest absolute Gasteiger partial charge is 0.408 e. The van der Waals surface area contributed by atoms with Crippen molar-refractivity contribution in [3.8, 4) is 0 Å². The molecule has 0 unspecified atom stereocenters. The van der Waals surface area contributed by atoms with Crippen molar-refractivity contribution in [3.05, 3.63) is 0 Å². The molecule has 3 atom stereocenters. The second-order valence-corrected chi connectivity index (χ2v) is 8.27. The fourth-order valence-corrected chi connectivity index (χ4v) is 1.86. The van der Waals surface area contributed by atoms with Gasteiger partial charge in [0.05, 0.1) is 0 Å². The van der Waals surface area contributed by atoms with E-state index < -0.39 is 41.3 Å². The first-order chi connectivity index (χ1) is 11.2. The Labute approximate surface area is 151 Å². The predicted molar refractivity (Wildman–Crippen MR) is 96.1 cm³/mol. The number of hydrogen-bond donors (Lipinski definition) is 2. The van der Waals surface area contributed by atoms with Crippen LogP contribution < -0.4 is 10.6 Å². The van der Waals surface area contributed by atoms with Gasteiger partial charge in [-0.2, -0.15) is 0 Å². The summed E-state index contributed by atoms with van der Waals surface area (Å²) in [5, 5.41) is 5.13. The summed E-state index contributed by atoms with van der Waals surface area (Å²) in [6, 6.07) is -1.62. The monoisotopic (exact) mass is 358 g/mol. The van der Waals surface area contributed by atoms with E-state index in [4.69, 9.17) is 9.47 Å². The van der Waals surface area contributed by atoms with Crippen LogP contribution in [0.25, 0.3) is 0 Å². The Kier molecular flexibility index (Phi) is 8.41. The second-order valence-electron chi connectivity index (χ2n) is 8.27. The Morgan fingerprint density at radius 3 is 1.76 bits per heavy atom. The Bertz CT molecular complexity index is 477. The van der Waals surface area contributed by atoms with Gasteiger partial charge in [-0.25, -0.2) is 9.59 Å². The molecule has 0 aromatic rings. The van der Waals surface area contributed by atoms with E-state index in [1.54, 1.807) is 41.5 Å². The molecule has 0 aliphatic rings. The first-order valence-electron chi connectivity index (χ1n) is 8.69. The molecule has 0 aliphatic carbocycles. The molecule has 0 heterocycles. The Morgan fingerprint density at radius 2 is 1.36 bits per heavy atom. The first-order valence-corrected chi connectivity index (χ1v) is 8.69. The SMILES string of the molecule is CC[C@H](C)[C@H](NC(=O)[C@@H](C)NC(=O)OC(C)(C)C)C(=O)OC(C)(C)C. The summed E-state index contributed by atoms with van der Waals surface area (Å²) in [4.78, 5) is 36.5. The molecule has 7 nitrogen and oxygen atoms in total. The molecule has 0 radical (unpaired) electrons. The highest BCUT2D eigenvalue weighted by molar-refractivity contribution is 5.89. The van der Waals surface area contributed by atoms with E-state index in [2.05, 4.69) is 10.6 Å². The number of rotatable bonds is 6. The van der Waals surface area contributed by atoms with Crippen LogP contribution in [-0.2, 0) is 19.1 Å². The van der Waals surface area contributed by atoms with E-state index >= 15 is 0 Å². The highest BCUT2D eigenvalue weighted by atomic mass is 16.6. The summed E-state index contributed by atoms with van der Waals surface area (Å²) in [5.74, 6) is -1.06. The lowest BCUT2D eigenvalue weighted by atomic mass is 9.98. The number of nitrogens with one attached hydrogen (secondary N) is 2. The molecule has 0 spiro atoms. The standard InChI is InChI=1S/C18H34N2O5/c1-10-11(2)13(15(22)24-17(4,5)6)20-14(21)12(3)19-16(23)25-18(7,8)9/h11-13H,10H2,1-9H3,(H,19,23)(H,20,21)/t11-,12+,13-/m0/s1. The maximum atomic E-state index is 12.4. The van der Waals surface area contributed by atoms with E-state index in [1.165, 1.54) is 6.92 Å².